The van der Waals surface area contributed by atoms with E-state index in [-0.39, 0.29) is 5.41 Å². The average molecular weight is 552 g/mol. The predicted molar refractivity (Wildman–Crippen MR) is 177 cm³/mol. The van der Waals surface area contributed by atoms with Gasteiger partial charge in [0, 0.05) is 22.1 Å². The van der Waals surface area contributed by atoms with Gasteiger partial charge in [-0.15, -0.1) is 0 Å². The molecule has 1 aliphatic rings. The molecule has 1 aliphatic carbocycles. The standard InChI is InChI=1S/C40H29N3/c1-40(2)35-25-31-17-10-9-16-30(31)24-34(35)33-19-11-18-32(36(33)40)26-20-22-29(23-21-26)39-42-37(27-12-5-3-6-13-27)41-38(43-39)28-14-7-4-8-15-28/h3-25H,1-2H3. The fourth-order valence-electron chi connectivity index (χ4n) is 6.54. The van der Waals surface area contributed by atoms with Crippen LogP contribution in [-0.4, -0.2) is 15.0 Å². The van der Waals surface area contributed by atoms with Crippen LogP contribution in [0.4, 0.5) is 0 Å². The molecule has 0 bridgehead atoms. The van der Waals surface area contributed by atoms with E-state index < -0.39 is 0 Å². The van der Waals surface area contributed by atoms with Crippen molar-refractivity contribution >= 4 is 10.8 Å². The number of benzene rings is 6. The van der Waals surface area contributed by atoms with Crippen LogP contribution >= 0.6 is 0 Å². The van der Waals surface area contributed by atoms with Gasteiger partial charge in [0.2, 0.25) is 0 Å². The Kier molecular flexibility index (Phi) is 5.80. The molecule has 0 aliphatic heterocycles. The summed E-state index contributed by atoms with van der Waals surface area (Å²) in [6.07, 6.45) is 0. The van der Waals surface area contributed by atoms with Gasteiger partial charge in [-0.25, -0.2) is 15.0 Å². The van der Waals surface area contributed by atoms with Crippen molar-refractivity contribution in [3.05, 3.63) is 151 Å². The second-order valence-electron chi connectivity index (χ2n) is 11.7. The van der Waals surface area contributed by atoms with Crippen LogP contribution in [0, 0.1) is 0 Å². The van der Waals surface area contributed by atoms with Crippen molar-refractivity contribution in [3.8, 4) is 56.4 Å². The summed E-state index contributed by atoms with van der Waals surface area (Å²) >= 11 is 0. The van der Waals surface area contributed by atoms with Crippen LogP contribution in [-0.2, 0) is 5.41 Å². The van der Waals surface area contributed by atoms with Crippen LogP contribution in [0.15, 0.2) is 140 Å². The van der Waals surface area contributed by atoms with Crippen molar-refractivity contribution in [2.45, 2.75) is 19.3 Å². The van der Waals surface area contributed by atoms with Gasteiger partial charge in [-0.3, -0.25) is 0 Å². The van der Waals surface area contributed by atoms with Crippen LogP contribution in [0.25, 0.3) is 67.2 Å². The van der Waals surface area contributed by atoms with Crippen molar-refractivity contribution < 1.29 is 0 Å². The maximum atomic E-state index is 4.91. The topological polar surface area (TPSA) is 38.7 Å². The van der Waals surface area contributed by atoms with E-state index >= 15 is 0 Å². The minimum atomic E-state index is -0.118. The first-order chi connectivity index (χ1) is 21.1. The van der Waals surface area contributed by atoms with Gasteiger partial charge >= 0.3 is 0 Å². The van der Waals surface area contributed by atoms with Crippen LogP contribution < -0.4 is 0 Å². The third kappa shape index (κ3) is 4.24. The zero-order valence-electron chi connectivity index (χ0n) is 24.1. The number of fused-ring (bicyclic) bond motifs is 4. The molecular formula is C40H29N3. The minimum absolute atomic E-state index is 0.118. The summed E-state index contributed by atoms with van der Waals surface area (Å²) in [6.45, 7) is 4.71. The summed E-state index contributed by atoms with van der Waals surface area (Å²) in [5, 5.41) is 2.57. The molecule has 1 aromatic heterocycles. The molecule has 6 aromatic carbocycles. The molecule has 0 fully saturated rings. The number of aromatic nitrogens is 3. The van der Waals surface area contributed by atoms with Gasteiger partial charge in [-0.1, -0.05) is 141 Å². The Morgan fingerprint density at radius 2 is 0.860 bits per heavy atom. The van der Waals surface area contributed by atoms with E-state index in [2.05, 4.69) is 92.7 Å². The summed E-state index contributed by atoms with van der Waals surface area (Å²) in [5.74, 6) is 2.00. The van der Waals surface area contributed by atoms with Crippen molar-refractivity contribution in [1.82, 2.24) is 15.0 Å². The lowest BCUT2D eigenvalue weighted by atomic mass is 9.78. The lowest BCUT2D eigenvalue weighted by molar-refractivity contribution is 0.663. The van der Waals surface area contributed by atoms with Crippen molar-refractivity contribution in [2.75, 3.05) is 0 Å². The third-order valence-electron chi connectivity index (χ3n) is 8.69. The van der Waals surface area contributed by atoms with Gasteiger partial charge in [0.1, 0.15) is 0 Å². The van der Waals surface area contributed by atoms with Crippen LogP contribution in [0.3, 0.4) is 0 Å². The highest BCUT2D eigenvalue weighted by Gasteiger charge is 2.37. The van der Waals surface area contributed by atoms with Crippen LogP contribution in [0.2, 0.25) is 0 Å². The maximum absolute atomic E-state index is 4.91. The van der Waals surface area contributed by atoms with Gasteiger partial charge < -0.3 is 0 Å². The summed E-state index contributed by atoms with van der Waals surface area (Å²) < 4.78 is 0. The molecule has 8 rings (SSSR count). The van der Waals surface area contributed by atoms with Gasteiger partial charge in [-0.2, -0.15) is 0 Å². The summed E-state index contributed by atoms with van der Waals surface area (Å²) in [7, 11) is 0. The highest BCUT2D eigenvalue weighted by Crippen LogP contribution is 2.53. The Morgan fingerprint density at radius 3 is 1.44 bits per heavy atom. The molecule has 204 valence electrons. The molecule has 0 N–H and O–H groups in total. The lowest BCUT2D eigenvalue weighted by Gasteiger charge is -2.25. The second kappa shape index (κ2) is 9.85. The first kappa shape index (κ1) is 25.3. The smallest absolute Gasteiger partial charge is 0.164 e. The number of hydrogen-bond acceptors (Lipinski definition) is 3. The zero-order valence-corrected chi connectivity index (χ0v) is 24.1. The molecule has 3 heteroatoms. The van der Waals surface area contributed by atoms with E-state index in [1.807, 2.05) is 60.7 Å². The summed E-state index contributed by atoms with van der Waals surface area (Å²) in [6, 6.07) is 49.0. The Morgan fingerprint density at radius 1 is 0.395 bits per heavy atom. The normalized spacial score (nSPS) is 13.1. The first-order valence-electron chi connectivity index (χ1n) is 14.7. The molecule has 0 saturated heterocycles. The first-order valence-corrected chi connectivity index (χ1v) is 14.7. The Balaban J connectivity index is 1.22. The van der Waals surface area contributed by atoms with E-state index in [9.17, 15) is 0 Å². The highest BCUT2D eigenvalue weighted by molar-refractivity contribution is 5.96. The van der Waals surface area contributed by atoms with Crippen LogP contribution in [0.5, 0.6) is 0 Å². The zero-order chi connectivity index (χ0) is 29.0. The summed E-state index contributed by atoms with van der Waals surface area (Å²) in [5.41, 5.74) is 10.7. The predicted octanol–water partition coefficient (Wildman–Crippen LogP) is 10.00. The fourth-order valence-corrected chi connectivity index (χ4v) is 6.54. The highest BCUT2D eigenvalue weighted by atomic mass is 15.0. The number of rotatable bonds is 4. The van der Waals surface area contributed by atoms with E-state index in [1.165, 1.54) is 44.2 Å². The van der Waals surface area contributed by atoms with Gasteiger partial charge in [-0.05, 0) is 56.3 Å². The lowest BCUT2D eigenvalue weighted by Crippen LogP contribution is -2.16. The van der Waals surface area contributed by atoms with Crippen molar-refractivity contribution in [1.29, 1.82) is 0 Å². The molecule has 0 saturated carbocycles. The molecule has 7 aromatic rings. The second-order valence-corrected chi connectivity index (χ2v) is 11.7. The fraction of sp³-hybridized carbons (Fsp3) is 0.0750. The monoisotopic (exact) mass is 551 g/mol. The Labute approximate surface area is 251 Å². The molecule has 3 nitrogen and oxygen atoms in total. The average Bonchev–Trinajstić information content (AvgIpc) is 3.30. The molecule has 0 atom stereocenters. The molecule has 0 radical (unpaired) electrons. The largest absolute Gasteiger partial charge is 0.208 e. The molecule has 0 amide bonds. The maximum Gasteiger partial charge on any atom is 0.164 e. The van der Waals surface area contributed by atoms with E-state index in [4.69, 9.17) is 15.0 Å². The molecule has 0 spiro atoms. The Bertz CT molecular complexity index is 2070. The molecular weight excluding hydrogens is 522 g/mol. The number of nitrogens with zero attached hydrogens (tertiary/aromatic N) is 3. The van der Waals surface area contributed by atoms with Gasteiger partial charge in [0.05, 0.1) is 0 Å². The van der Waals surface area contributed by atoms with E-state index in [0.29, 0.717) is 17.5 Å². The van der Waals surface area contributed by atoms with Crippen molar-refractivity contribution in [3.63, 3.8) is 0 Å². The number of hydrogen-bond donors (Lipinski definition) is 0. The minimum Gasteiger partial charge on any atom is -0.208 e. The summed E-state index contributed by atoms with van der Waals surface area (Å²) in [4.78, 5) is 14.7. The quantitative estimate of drug-likeness (QED) is 0.218. The van der Waals surface area contributed by atoms with Crippen molar-refractivity contribution in [2.24, 2.45) is 0 Å². The van der Waals surface area contributed by atoms with Gasteiger partial charge in [0.15, 0.2) is 17.5 Å². The molecule has 43 heavy (non-hydrogen) atoms. The molecule has 1 heterocycles. The van der Waals surface area contributed by atoms with E-state index in [0.717, 1.165) is 16.7 Å². The van der Waals surface area contributed by atoms with Crippen LogP contribution in [0.1, 0.15) is 25.0 Å². The molecule has 0 unspecified atom stereocenters. The Hall–Kier alpha value is -5.41. The third-order valence-corrected chi connectivity index (χ3v) is 8.69. The van der Waals surface area contributed by atoms with E-state index in [1.54, 1.807) is 0 Å². The van der Waals surface area contributed by atoms with Gasteiger partial charge in [0.25, 0.3) is 0 Å². The SMILES string of the molecule is CC1(C)c2cc3ccccc3cc2-c2cccc(-c3ccc(-c4nc(-c5ccccc5)nc(-c5ccccc5)n4)cc3)c21.